The van der Waals surface area contributed by atoms with E-state index in [0.717, 1.165) is 13.1 Å². The first-order chi connectivity index (χ1) is 2.50. The Balaban J connectivity index is 0. The van der Waals surface area contributed by atoms with Crippen LogP contribution in [0.3, 0.4) is 0 Å². The largest absolute Gasteiger partial charge is 1.00 e. The fourth-order valence-corrected chi connectivity index (χ4v) is 0.373. The number of nitrogens with zero attached hydrogens (tertiary/aromatic N) is 1. The lowest BCUT2D eigenvalue weighted by Crippen LogP contribution is -3.00. The average molecular weight is 233 g/mol. The van der Waals surface area contributed by atoms with Gasteiger partial charge in [0.05, 0.1) is 6.54 Å². The van der Waals surface area contributed by atoms with E-state index < -0.39 is 0 Å². The van der Waals surface area contributed by atoms with Crippen molar-refractivity contribution in [2.24, 2.45) is 4.99 Å². The fraction of sp³-hybridized carbons (Fsp3) is 0.667. The molecule has 0 aromatic rings. The lowest BCUT2D eigenvalue weighted by atomic mass is 10.7. The molecule has 0 aromatic carbocycles. The minimum absolute atomic E-state index is 0. The third kappa shape index (κ3) is 4.50. The highest BCUT2D eigenvalue weighted by atomic mass is 127. The SMILES string of the molecule is C1=NCC[NH2+]1.[Cl-].[I-]. The lowest BCUT2D eigenvalue weighted by molar-refractivity contribution is -0.518. The Morgan fingerprint density at radius 3 is 2.43 bits per heavy atom. The second-order valence-corrected chi connectivity index (χ2v) is 1.08. The summed E-state index contributed by atoms with van der Waals surface area (Å²) in [6, 6.07) is 0. The number of rotatable bonds is 0. The number of halogens is 2. The van der Waals surface area contributed by atoms with Crippen molar-refractivity contribution in [1.82, 2.24) is 0 Å². The topological polar surface area (TPSA) is 29.0 Å². The zero-order valence-corrected chi connectivity index (χ0v) is 6.69. The van der Waals surface area contributed by atoms with E-state index >= 15 is 0 Å². The molecule has 0 unspecified atom stereocenters. The number of quaternary nitrogens is 1. The summed E-state index contributed by atoms with van der Waals surface area (Å²) < 4.78 is 0. The van der Waals surface area contributed by atoms with Gasteiger partial charge in [-0.25, -0.2) is 4.99 Å². The van der Waals surface area contributed by atoms with Gasteiger partial charge in [-0.05, 0) is 0 Å². The minimum Gasteiger partial charge on any atom is -1.00 e. The van der Waals surface area contributed by atoms with E-state index in [2.05, 4.69) is 10.3 Å². The molecule has 0 aliphatic carbocycles. The monoisotopic (exact) mass is 233 g/mol. The Labute approximate surface area is 66.2 Å². The van der Waals surface area contributed by atoms with Crippen LogP contribution in [0.1, 0.15) is 0 Å². The van der Waals surface area contributed by atoms with Crippen LogP contribution < -0.4 is 41.7 Å². The predicted octanol–water partition coefficient (Wildman–Crippen LogP) is -7.40. The summed E-state index contributed by atoms with van der Waals surface area (Å²) in [4.78, 5) is 3.90. The van der Waals surface area contributed by atoms with E-state index in [0.29, 0.717) is 0 Å². The van der Waals surface area contributed by atoms with Gasteiger partial charge in [-0.2, -0.15) is 0 Å². The maximum Gasteiger partial charge on any atom is 0.182 e. The van der Waals surface area contributed by atoms with Gasteiger partial charge in [0, 0.05) is 0 Å². The predicted molar refractivity (Wildman–Crippen MR) is 20.2 cm³/mol. The molecule has 1 rings (SSSR count). The maximum absolute atomic E-state index is 3.90. The van der Waals surface area contributed by atoms with Gasteiger partial charge in [0.25, 0.3) is 0 Å². The molecule has 0 saturated heterocycles. The Hall–Kier alpha value is 0.650. The molecule has 0 saturated carbocycles. The van der Waals surface area contributed by atoms with Crippen LogP contribution in [0.4, 0.5) is 0 Å². The van der Waals surface area contributed by atoms with Crippen LogP contribution in [0.15, 0.2) is 4.99 Å². The first kappa shape index (κ1) is 10.6. The Morgan fingerprint density at radius 2 is 2.29 bits per heavy atom. The van der Waals surface area contributed by atoms with E-state index in [4.69, 9.17) is 0 Å². The second-order valence-electron chi connectivity index (χ2n) is 1.08. The van der Waals surface area contributed by atoms with Gasteiger partial charge in [-0.15, -0.1) is 0 Å². The van der Waals surface area contributed by atoms with Crippen molar-refractivity contribution in [3.8, 4) is 0 Å². The highest BCUT2D eigenvalue weighted by molar-refractivity contribution is 5.42. The van der Waals surface area contributed by atoms with Crippen molar-refractivity contribution in [1.29, 1.82) is 0 Å². The van der Waals surface area contributed by atoms with Crippen molar-refractivity contribution < 1.29 is 41.7 Å². The lowest BCUT2D eigenvalue weighted by Gasteiger charge is -1.68. The highest BCUT2D eigenvalue weighted by Gasteiger charge is 1.88. The van der Waals surface area contributed by atoms with Crippen LogP contribution in [0.2, 0.25) is 0 Å². The molecule has 0 atom stereocenters. The van der Waals surface area contributed by atoms with Crippen LogP contribution in [0.5, 0.6) is 0 Å². The summed E-state index contributed by atoms with van der Waals surface area (Å²) >= 11 is 0. The molecule has 0 spiro atoms. The van der Waals surface area contributed by atoms with Gasteiger partial charge in [0.1, 0.15) is 6.54 Å². The Bertz CT molecular complexity index is 50.9. The second kappa shape index (κ2) is 6.65. The van der Waals surface area contributed by atoms with E-state index in [-0.39, 0.29) is 36.4 Å². The molecular formula is C3H7ClIN2-. The van der Waals surface area contributed by atoms with Gasteiger partial charge in [0.2, 0.25) is 0 Å². The summed E-state index contributed by atoms with van der Waals surface area (Å²) in [5.74, 6) is 0. The Morgan fingerprint density at radius 1 is 1.57 bits per heavy atom. The molecule has 2 nitrogen and oxygen atoms in total. The standard InChI is InChI=1S/C3H6N2.ClH.HI/c1-2-5-3-4-1;;/h3H,1-2H2,(H,4,5);2*1H/p-1. The molecule has 0 aromatic heterocycles. The molecule has 1 heterocycles. The van der Waals surface area contributed by atoms with Crippen LogP contribution in [-0.2, 0) is 0 Å². The number of aliphatic imine (C=N–C) groups is 1. The zero-order valence-electron chi connectivity index (χ0n) is 3.77. The van der Waals surface area contributed by atoms with Gasteiger partial charge < -0.3 is 41.7 Å². The summed E-state index contributed by atoms with van der Waals surface area (Å²) in [5.41, 5.74) is 0. The molecule has 0 fully saturated rings. The Kier molecular flexibility index (Phi) is 10.1. The highest BCUT2D eigenvalue weighted by Crippen LogP contribution is 1.59. The number of hydrogen-bond acceptors (Lipinski definition) is 1. The molecule has 44 valence electrons. The van der Waals surface area contributed by atoms with Crippen molar-refractivity contribution >= 4 is 6.34 Å². The molecule has 2 N–H and O–H groups in total. The fourth-order valence-electron chi connectivity index (χ4n) is 0.373. The molecule has 0 amide bonds. The summed E-state index contributed by atoms with van der Waals surface area (Å²) in [6.45, 7) is 2.17. The van der Waals surface area contributed by atoms with E-state index in [9.17, 15) is 0 Å². The number of hydrogen-bond donors (Lipinski definition) is 1. The third-order valence-corrected chi connectivity index (χ3v) is 0.636. The van der Waals surface area contributed by atoms with Crippen molar-refractivity contribution in [2.75, 3.05) is 13.1 Å². The molecule has 0 bridgehead atoms. The van der Waals surface area contributed by atoms with E-state index in [1.807, 2.05) is 6.34 Å². The molecular weight excluding hydrogens is 226 g/mol. The molecule has 7 heavy (non-hydrogen) atoms. The summed E-state index contributed by atoms with van der Waals surface area (Å²) in [7, 11) is 0. The molecule has 0 radical (unpaired) electrons. The van der Waals surface area contributed by atoms with Crippen LogP contribution in [0, 0.1) is 0 Å². The quantitative estimate of drug-likeness (QED) is 0.403. The van der Waals surface area contributed by atoms with Gasteiger partial charge in [0.15, 0.2) is 6.34 Å². The summed E-state index contributed by atoms with van der Waals surface area (Å²) in [5, 5.41) is 2.07. The van der Waals surface area contributed by atoms with Crippen molar-refractivity contribution in [3.05, 3.63) is 0 Å². The maximum atomic E-state index is 3.90. The van der Waals surface area contributed by atoms with Crippen molar-refractivity contribution in [2.45, 2.75) is 0 Å². The molecule has 4 heteroatoms. The van der Waals surface area contributed by atoms with E-state index in [1.54, 1.807) is 0 Å². The van der Waals surface area contributed by atoms with Crippen LogP contribution in [-0.4, -0.2) is 19.4 Å². The average Bonchev–Trinajstić information content (AvgIpc) is 1.76. The first-order valence-corrected chi connectivity index (χ1v) is 1.82. The third-order valence-electron chi connectivity index (χ3n) is 0.636. The van der Waals surface area contributed by atoms with Gasteiger partial charge in [-0.1, -0.05) is 0 Å². The molecule has 1 aliphatic heterocycles. The number of nitrogens with two attached hydrogens (primary N) is 1. The van der Waals surface area contributed by atoms with Crippen molar-refractivity contribution in [3.63, 3.8) is 0 Å². The van der Waals surface area contributed by atoms with E-state index in [1.165, 1.54) is 0 Å². The first-order valence-electron chi connectivity index (χ1n) is 1.82. The minimum atomic E-state index is 0. The van der Waals surface area contributed by atoms with Crippen LogP contribution in [0.25, 0.3) is 0 Å². The summed E-state index contributed by atoms with van der Waals surface area (Å²) in [6.07, 6.45) is 1.86. The molecule has 1 aliphatic rings. The normalized spacial score (nSPS) is 14.9. The van der Waals surface area contributed by atoms with Gasteiger partial charge in [-0.3, -0.25) is 0 Å². The van der Waals surface area contributed by atoms with Gasteiger partial charge >= 0.3 is 0 Å². The van der Waals surface area contributed by atoms with Crippen LogP contribution >= 0.6 is 0 Å². The smallest absolute Gasteiger partial charge is 0.182 e. The zero-order chi connectivity index (χ0) is 3.54.